The van der Waals surface area contributed by atoms with E-state index in [9.17, 15) is 4.79 Å². The third-order valence-corrected chi connectivity index (χ3v) is 4.01. The number of rotatable bonds is 5. The van der Waals surface area contributed by atoms with Gasteiger partial charge in [-0.1, -0.05) is 42.5 Å². The highest BCUT2D eigenvalue weighted by molar-refractivity contribution is 5.99. The average Bonchev–Trinajstić information content (AvgIpc) is 3.32. The summed E-state index contributed by atoms with van der Waals surface area (Å²) >= 11 is 0. The Hall–Kier alpha value is -2.29. The van der Waals surface area contributed by atoms with Crippen LogP contribution in [0.1, 0.15) is 28.8 Å². The Kier molecular flexibility index (Phi) is 3.91. The summed E-state index contributed by atoms with van der Waals surface area (Å²) in [5.74, 6) is 0.528. The molecule has 3 N–H and O–H groups in total. The molecule has 0 radical (unpaired) electrons. The molecule has 1 amide bonds. The summed E-state index contributed by atoms with van der Waals surface area (Å²) in [7, 11) is 0. The van der Waals surface area contributed by atoms with Gasteiger partial charge in [0.1, 0.15) is 0 Å². The van der Waals surface area contributed by atoms with Crippen LogP contribution in [-0.2, 0) is 6.42 Å². The molecule has 1 aliphatic carbocycles. The van der Waals surface area contributed by atoms with Crippen molar-refractivity contribution in [1.29, 1.82) is 0 Å². The van der Waals surface area contributed by atoms with Crippen molar-refractivity contribution in [3.05, 3.63) is 65.7 Å². The highest BCUT2D eigenvalue weighted by atomic mass is 16.1. The zero-order chi connectivity index (χ0) is 14.7. The van der Waals surface area contributed by atoms with E-state index < -0.39 is 0 Å². The normalized spacial score (nSPS) is 15.4. The molecule has 21 heavy (non-hydrogen) atoms. The standard InChI is InChI=1S/C18H20N2O/c19-16-9-5-4-8-15(16)18(21)20-17(14-10-11-14)12-13-6-2-1-3-7-13/h1-9,14,17H,10-12,19H2,(H,20,21). The van der Waals surface area contributed by atoms with Crippen molar-refractivity contribution in [1.82, 2.24) is 5.32 Å². The van der Waals surface area contributed by atoms with E-state index in [1.165, 1.54) is 18.4 Å². The number of nitrogens with two attached hydrogens (primary N) is 1. The Balaban J connectivity index is 1.71. The van der Waals surface area contributed by atoms with Gasteiger partial charge in [0.2, 0.25) is 0 Å². The van der Waals surface area contributed by atoms with E-state index >= 15 is 0 Å². The molecule has 0 aromatic heterocycles. The smallest absolute Gasteiger partial charge is 0.253 e. The molecule has 1 fully saturated rings. The number of benzene rings is 2. The third kappa shape index (κ3) is 3.43. The van der Waals surface area contributed by atoms with Gasteiger partial charge in [-0.25, -0.2) is 0 Å². The van der Waals surface area contributed by atoms with Gasteiger partial charge in [0.05, 0.1) is 5.56 Å². The number of carbonyl (C=O) groups excluding carboxylic acids is 1. The summed E-state index contributed by atoms with van der Waals surface area (Å²) in [5, 5.41) is 3.17. The molecule has 3 nitrogen and oxygen atoms in total. The summed E-state index contributed by atoms with van der Waals surface area (Å²) in [6.07, 6.45) is 3.27. The number of hydrogen-bond acceptors (Lipinski definition) is 2. The summed E-state index contributed by atoms with van der Waals surface area (Å²) in [4.78, 5) is 12.4. The average molecular weight is 280 g/mol. The fourth-order valence-electron chi connectivity index (χ4n) is 2.65. The summed E-state index contributed by atoms with van der Waals surface area (Å²) in [6.45, 7) is 0. The number of amides is 1. The van der Waals surface area contributed by atoms with Crippen molar-refractivity contribution in [2.75, 3.05) is 5.73 Å². The Morgan fingerprint density at radius 1 is 1.10 bits per heavy atom. The van der Waals surface area contributed by atoms with Crippen molar-refractivity contribution in [2.24, 2.45) is 5.92 Å². The lowest BCUT2D eigenvalue weighted by molar-refractivity contribution is 0.0933. The molecule has 2 aromatic carbocycles. The number of nitrogen functional groups attached to an aromatic ring is 1. The van der Waals surface area contributed by atoms with Crippen LogP contribution in [0.3, 0.4) is 0 Å². The summed E-state index contributed by atoms with van der Waals surface area (Å²) in [5.41, 5.74) is 8.24. The Morgan fingerprint density at radius 3 is 2.43 bits per heavy atom. The van der Waals surface area contributed by atoms with E-state index in [-0.39, 0.29) is 11.9 Å². The first-order chi connectivity index (χ1) is 10.2. The van der Waals surface area contributed by atoms with Crippen molar-refractivity contribution in [3.63, 3.8) is 0 Å². The van der Waals surface area contributed by atoms with Crippen LogP contribution in [0.15, 0.2) is 54.6 Å². The van der Waals surface area contributed by atoms with Crippen molar-refractivity contribution in [3.8, 4) is 0 Å². The van der Waals surface area contributed by atoms with Gasteiger partial charge in [0, 0.05) is 11.7 Å². The number of carbonyl (C=O) groups is 1. The molecule has 1 atom stereocenters. The van der Waals surface area contributed by atoms with E-state index in [1.807, 2.05) is 30.3 Å². The molecule has 0 heterocycles. The number of para-hydroxylation sites is 1. The summed E-state index contributed by atoms with van der Waals surface area (Å²) in [6, 6.07) is 17.7. The Labute approximate surface area is 125 Å². The van der Waals surface area contributed by atoms with Crippen LogP contribution >= 0.6 is 0 Å². The molecule has 0 saturated heterocycles. The molecule has 108 valence electrons. The van der Waals surface area contributed by atoms with E-state index in [4.69, 9.17) is 5.73 Å². The molecule has 2 aromatic rings. The van der Waals surface area contributed by atoms with Crippen molar-refractivity contribution in [2.45, 2.75) is 25.3 Å². The van der Waals surface area contributed by atoms with Gasteiger partial charge in [-0.15, -0.1) is 0 Å². The van der Waals surface area contributed by atoms with Gasteiger partial charge in [0.25, 0.3) is 5.91 Å². The molecule has 3 rings (SSSR count). The Bertz CT molecular complexity index is 620. The van der Waals surface area contributed by atoms with Crippen LogP contribution in [0.25, 0.3) is 0 Å². The van der Waals surface area contributed by atoms with Crippen LogP contribution in [0.5, 0.6) is 0 Å². The van der Waals surface area contributed by atoms with Gasteiger partial charge >= 0.3 is 0 Å². The maximum atomic E-state index is 12.4. The van der Waals surface area contributed by atoms with Crippen LogP contribution < -0.4 is 11.1 Å². The number of anilines is 1. The molecule has 0 spiro atoms. The maximum Gasteiger partial charge on any atom is 0.253 e. The van der Waals surface area contributed by atoms with E-state index in [0.29, 0.717) is 17.2 Å². The first kappa shape index (κ1) is 13.7. The number of hydrogen-bond donors (Lipinski definition) is 2. The largest absolute Gasteiger partial charge is 0.398 e. The minimum absolute atomic E-state index is 0.0686. The second-order valence-electron chi connectivity index (χ2n) is 5.69. The number of nitrogens with one attached hydrogen (secondary N) is 1. The zero-order valence-corrected chi connectivity index (χ0v) is 12.0. The molecule has 3 heteroatoms. The van der Waals surface area contributed by atoms with Gasteiger partial charge < -0.3 is 11.1 Å². The fourth-order valence-corrected chi connectivity index (χ4v) is 2.65. The zero-order valence-electron chi connectivity index (χ0n) is 12.0. The SMILES string of the molecule is Nc1ccccc1C(=O)NC(Cc1ccccc1)C1CC1. The molecule has 0 aliphatic heterocycles. The highest BCUT2D eigenvalue weighted by Gasteiger charge is 2.32. The van der Waals surface area contributed by atoms with Crippen LogP contribution in [0, 0.1) is 5.92 Å². The summed E-state index contributed by atoms with van der Waals surface area (Å²) < 4.78 is 0. The Morgan fingerprint density at radius 2 is 1.76 bits per heavy atom. The quantitative estimate of drug-likeness (QED) is 0.827. The first-order valence-corrected chi connectivity index (χ1v) is 7.43. The van der Waals surface area contributed by atoms with Gasteiger partial charge in [-0.3, -0.25) is 4.79 Å². The van der Waals surface area contributed by atoms with Crippen molar-refractivity contribution < 1.29 is 4.79 Å². The molecule has 0 bridgehead atoms. The monoisotopic (exact) mass is 280 g/mol. The second-order valence-corrected chi connectivity index (χ2v) is 5.69. The molecular weight excluding hydrogens is 260 g/mol. The first-order valence-electron chi connectivity index (χ1n) is 7.43. The maximum absolute atomic E-state index is 12.4. The predicted octanol–water partition coefficient (Wildman–Crippen LogP) is 3.02. The minimum atomic E-state index is -0.0686. The van der Waals surface area contributed by atoms with E-state index in [0.717, 1.165) is 6.42 Å². The lowest BCUT2D eigenvalue weighted by Gasteiger charge is -2.19. The van der Waals surface area contributed by atoms with Gasteiger partial charge in [-0.2, -0.15) is 0 Å². The fraction of sp³-hybridized carbons (Fsp3) is 0.278. The lowest BCUT2D eigenvalue weighted by atomic mass is 10.0. The molecule has 1 aliphatic rings. The third-order valence-electron chi connectivity index (χ3n) is 4.01. The van der Waals surface area contributed by atoms with E-state index in [2.05, 4.69) is 17.4 Å². The molecule has 1 saturated carbocycles. The van der Waals surface area contributed by atoms with Gasteiger partial charge in [0.15, 0.2) is 0 Å². The second kappa shape index (κ2) is 6.00. The predicted molar refractivity (Wildman–Crippen MR) is 85.0 cm³/mol. The van der Waals surface area contributed by atoms with Crippen LogP contribution in [0.2, 0.25) is 0 Å². The van der Waals surface area contributed by atoms with Crippen LogP contribution in [0.4, 0.5) is 5.69 Å². The topological polar surface area (TPSA) is 55.1 Å². The highest BCUT2D eigenvalue weighted by Crippen LogP contribution is 2.34. The van der Waals surface area contributed by atoms with Crippen molar-refractivity contribution >= 4 is 11.6 Å². The molecular formula is C18H20N2O. The van der Waals surface area contributed by atoms with E-state index in [1.54, 1.807) is 12.1 Å². The van der Waals surface area contributed by atoms with Gasteiger partial charge in [-0.05, 0) is 42.9 Å². The minimum Gasteiger partial charge on any atom is -0.398 e. The lowest BCUT2D eigenvalue weighted by Crippen LogP contribution is -2.38. The molecule has 1 unspecified atom stereocenters. The van der Waals surface area contributed by atoms with Crippen LogP contribution in [-0.4, -0.2) is 11.9 Å².